The molecule has 1 fully saturated rings. The fraction of sp³-hybridized carbons (Fsp3) is 0.692. The van der Waals surface area contributed by atoms with Crippen molar-refractivity contribution in [2.24, 2.45) is 0 Å². The topological polar surface area (TPSA) is 49.1 Å². The van der Waals surface area contributed by atoms with Crippen molar-refractivity contribution in [1.82, 2.24) is 9.88 Å². The zero-order chi connectivity index (χ0) is 12.8. The van der Waals surface area contributed by atoms with E-state index in [-0.39, 0.29) is 0 Å². The molecule has 0 aliphatic carbocycles. The fourth-order valence-electron chi connectivity index (χ4n) is 2.26. The van der Waals surface area contributed by atoms with Crippen molar-refractivity contribution in [2.75, 3.05) is 26.7 Å². The van der Waals surface area contributed by atoms with E-state index in [1.165, 1.54) is 25.9 Å². The molecule has 0 atom stereocenters. The first-order valence-electron chi connectivity index (χ1n) is 6.39. The molecule has 0 bridgehead atoms. The Hall–Kier alpha value is -0.960. The molecule has 18 heavy (non-hydrogen) atoms. The lowest BCUT2D eigenvalue weighted by atomic mass is 10.3. The first-order chi connectivity index (χ1) is 8.83. The number of aromatic nitrogens is 1. The van der Waals surface area contributed by atoms with E-state index in [1.54, 1.807) is 18.4 Å². The minimum Gasteiger partial charge on any atom is -0.378 e. The number of ether oxygens (including phenoxy) is 1. The number of rotatable bonds is 6. The van der Waals surface area contributed by atoms with Gasteiger partial charge in [0.15, 0.2) is 0 Å². The van der Waals surface area contributed by atoms with Crippen LogP contribution in [-0.4, -0.2) is 36.6 Å². The number of nitriles is 1. The van der Waals surface area contributed by atoms with E-state index in [0.29, 0.717) is 13.0 Å². The smallest absolute Gasteiger partial charge is 0.0945 e. The number of thiazole rings is 1. The van der Waals surface area contributed by atoms with Crippen LogP contribution in [0.15, 0.2) is 0 Å². The summed E-state index contributed by atoms with van der Waals surface area (Å²) in [5, 5.41) is 9.94. The van der Waals surface area contributed by atoms with Crippen molar-refractivity contribution < 1.29 is 4.74 Å². The molecule has 1 aromatic heterocycles. The van der Waals surface area contributed by atoms with E-state index in [2.05, 4.69) is 16.0 Å². The Kier molecular flexibility index (Phi) is 5.12. The molecule has 1 aromatic rings. The van der Waals surface area contributed by atoms with Crippen LogP contribution in [0, 0.1) is 11.3 Å². The third-order valence-corrected chi connectivity index (χ3v) is 4.34. The van der Waals surface area contributed by atoms with Crippen molar-refractivity contribution in [3.05, 3.63) is 15.6 Å². The Morgan fingerprint density at radius 2 is 2.22 bits per heavy atom. The van der Waals surface area contributed by atoms with Crippen molar-refractivity contribution >= 4 is 11.3 Å². The summed E-state index contributed by atoms with van der Waals surface area (Å²) in [6.45, 7) is 4.05. The highest BCUT2D eigenvalue weighted by atomic mass is 32.1. The molecule has 1 aliphatic rings. The summed E-state index contributed by atoms with van der Waals surface area (Å²) in [6, 6.07) is 2.20. The van der Waals surface area contributed by atoms with Gasteiger partial charge in [0.2, 0.25) is 0 Å². The number of methoxy groups -OCH3 is 1. The van der Waals surface area contributed by atoms with Crippen molar-refractivity contribution in [2.45, 2.75) is 32.3 Å². The van der Waals surface area contributed by atoms with E-state index >= 15 is 0 Å². The first-order valence-corrected chi connectivity index (χ1v) is 7.21. The van der Waals surface area contributed by atoms with Gasteiger partial charge in [-0.2, -0.15) is 5.26 Å². The summed E-state index contributed by atoms with van der Waals surface area (Å²) >= 11 is 1.67. The molecule has 5 heteroatoms. The van der Waals surface area contributed by atoms with Crippen molar-refractivity contribution in [1.29, 1.82) is 5.26 Å². The molecule has 0 N–H and O–H groups in total. The van der Waals surface area contributed by atoms with E-state index < -0.39 is 0 Å². The number of hydrogen-bond donors (Lipinski definition) is 0. The predicted molar refractivity (Wildman–Crippen MR) is 71.5 cm³/mol. The Morgan fingerprint density at radius 1 is 1.44 bits per heavy atom. The average molecular weight is 265 g/mol. The van der Waals surface area contributed by atoms with Crippen LogP contribution >= 0.6 is 11.3 Å². The molecule has 0 saturated carbocycles. The van der Waals surface area contributed by atoms with Crippen LogP contribution in [0.4, 0.5) is 0 Å². The molecule has 1 saturated heterocycles. The molecule has 2 heterocycles. The van der Waals surface area contributed by atoms with Gasteiger partial charge in [-0.05, 0) is 25.9 Å². The van der Waals surface area contributed by atoms with Crippen LogP contribution in [0.5, 0.6) is 0 Å². The van der Waals surface area contributed by atoms with Gasteiger partial charge in [0, 0.05) is 25.0 Å². The second kappa shape index (κ2) is 6.83. The number of nitrogens with zero attached hydrogens (tertiary/aromatic N) is 3. The lowest BCUT2D eigenvalue weighted by molar-refractivity contribution is 0.181. The summed E-state index contributed by atoms with van der Waals surface area (Å²) in [5.74, 6) is 0. The normalized spacial score (nSPS) is 16.0. The number of likely N-dealkylation sites (tertiary alicyclic amines) is 1. The molecule has 4 nitrogen and oxygen atoms in total. The van der Waals surface area contributed by atoms with Gasteiger partial charge in [0.25, 0.3) is 0 Å². The molecule has 98 valence electrons. The molecule has 1 aliphatic heterocycles. The van der Waals surface area contributed by atoms with E-state index in [0.717, 1.165) is 28.5 Å². The second-order valence-corrected chi connectivity index (χ2v) is 5.71. The van der Waals surface area contributed by atoms with Crippen molar-refractivity contribution in [3.8, 4) is 6.07 Å². The van der Waals surface area contributed by atoms with Crippen LogP contribution in [0.1, 0.15) is 28.4 Å². The summed E-state index contributed by atoms with van der Waals surface area (Å²) in [4.78, 5) is 8.15. The van der Waals surface area contributed by atoms with Gasteiger partial charge >= 0.3 is 0 Å². The molecule has 0 aromatic carbocycles. The summed E-state index contributed by atoms with van der Waals surface area (Å²) in [5.41, 5.74) is 0.945. The van der Waals surface area contributed by atoms with E-state index in [1.807, 2.05) is 0 Å². The first kappa shape index (κ1) is 13.5. The Balaban J connectivity index is 1.94. The zero-order valence-corrected chi connectivity index (χ0v) is 11.6. The minimum absolute atomic E-state index is 0.445. The third kappa shape index (κ3) is 3.52. The average Bonchev–Trinajstić information content (AvgIpc) is 2.98. The molecule has 0 amide bonds. The molecule has 0 spiro atoms. The number of hydrogen-bond acceptors (Lipinski definition) is 5. The van der Waals surface area contributed by atoms with Crippen LogP contribution in [-0.2, 0) is 24.2 Å². The Bertz CT molecular complexity index is 418. The third-order valence-electron chi connectivity index (χ3n) is 3.18. The second-order valence-electron chi connectivity index (χ2n) is 4.54. The van der Waals surface area contributed by atoms with Gasteiger partial charge in [0.05, 0.1) is 29.8 Å². The molecule has 2 rings (SSSR count). The van der Waals surface area contributed by atoms with Gasteiger partial charge in [0.1, 0.15) is 0 Å². The highest BCUT2D eigenvalue weighted by molar-refractivity contribution is 7.11. The van der Waals surface area contributed by atoms with Gasteiger partial charge in [-0.3, -0.25) is 0 Å². The van der Waals surface area contributed by atoms with Crippen LogP contribution in [0.3, 0.4) is 0 Å². The maximum absolute atomic E-state index is 8.80. The maximum atomic E-state index is 8.80. The Morgan fingerprint density at radius 3 is 2.89 bits per heavy atom. The molecular formula is C13H19N3OS. The van der Waals surface area contributed by atoms with Gasteiger partial charge < -0.3 is 9.64 Å². The van der Waals surface area contributed by atoms with Crippen LogP contribution in [0.2, 0.25) is 0 Å². The highest BCUT2D eigenvalue weighted by Gasteiger charge is 2.14. The summed E-state index contributed by atoms with van der Waals surface area (Å²) < 4.78 is 5.13. The maximum Gasteiger partial charge on any atom is 0.0945 e. The molecular weight excluding hydrogens is 246 g/mol. The standard InChI is InChI=1S/C13H19N3OS/c1-17-10-11-12(4-6-14)18-13(15-11)5-9-16-7-2-3-8-16/h2-5,7-10H2,1H3. The lowest BCUT2D eigenvalue weighted by Gasteiger charge is -2.12. The Labute approximate surface area is 112 Å². The van der Waals surface area contributed by atoms with Crippen LogP contribution < -0.4 is 0 Å². The summed E-state index contributed by atoms with van der Waals surface area (Å²) in [6.07, 6.45) is 4.09. The predicted octanol–water partition coefficient (Wildman–Crippen LogP) is 1.99. The van der Waals surface area contributed by atoms with Gasteiger partial charge in [-0.1, -0.05) is 0 Å². The van der Waals surface area contributed by atoms with Gasteiger partial charge in [-0.25, -0.2) is 4.98 Å². The monoisotopic (exact) mass is 265 g/mol. The quantitative estimate of drug-likeness (QED) is 0.789. The molecule has 0 unspecified atom stereocenters. The van der Waals surface area contributed by atoms with E-state index in [4.69, 9.17) is 10.00 Å². The van der Waals surface area contributed by atoms with Crippen molar-refractivity contribution in [3.63, 3.8) is 0 Å². The van der Waals surface area contributed by atoms with Gasteiger partial charge in [-0.15, -0.1) is 11.3 Å². The van der Waals surface area contributed by atoms with Crippen LogP contribution in [0.25, 0.3) is 0 Å². The SMILES string of the molecule is COCc1nc(CCN2CCCC2)sc1CC#N. The fourth-order valence-corrected chi connectivity index (χ4v) is 3.26. The highest BCUT2D eigenvalue weighted by Crippen LogP contribution is 2.21. The molecule has 0 radical (unpaired) electrons. The lowest BCUT2D eigenvalue weighted by Crippen LogP contribution is -2.21. The largest absolute Gasteiger partial charge is 0.378 e. The minimum atomic E-state index is 0.445. The summed E-state index contributed by atoms with van der Waals surface area (Å²) in [7, 11) is 1.67. The zero-order valence-electron chi connectivity index (χ0n) is 10.8. The van der Waals surface area contributed by atoms with E-state index in [9.17, 15) is 0 Å².